The number of nitrogens with zero attached hydrogens (tertiary/aromatic N) is 1. The molecule has 0 aromatic carbocycles. The third kappa shape index (κ3) is 3.39. The number of aromatic nitrogens is 2. The Morgan fingerprint density at radius 3 is 2.81 bits per heavy atom. The van der Waals surface area contributed by atoms with Crippen molar-refractivity contribution in [2.75, 3.05) is 26.9 Å². The summed E-state index contributed by atoms with van der Waals surface area (Å²) in [6.07, 6.45) is -2.53. The van der Waals surface area contributed by atoms with Crippen LogP contribution < -0.4 is 11.2 Å². The van der Waals surface area contributed by atoms with Crippen LogP contribution in [0.4, 0.5) is 0 Å². The summed E-state index contributed by atoms with van der Waals surface area (Å²) in [6, 6.07) is 1.16. The fraction of sp³-hybridized carbons (Fsp3) is 0.667. The fourth-order valence-electron chi connectivity index (χ4n) is 2.17. The molecule has 2 heterocycles. The molecule has 0 radical (unpaired) electrons. The van der Waals surface area contributed by atoms with Crippen LogP contribution in [0.1, 0.15) is 6.23 Å². The van der Waals surface area contributed by atoms with Gasteiger partial charge in [0.25, 0.3) is 5.56 Å². The Morgan fingerprint density at radius 2 is 2.19 bits per heavy atom. The SMILES string of the molecule is COCCOC1C(O)C(CO)OC1n1ccc(=O)[nH]c1=O. The Hall–Kier alpha value is -1.52. The Labute approximate surface area is 119 Å². The van der Waals surface area contributed by atoms with Crippen LogP contribution in [0.3, 0.4) is 0 Å². The lowest BCUT2D eigenvalue weighted by atomic mass is 10.1. The van der Waals surface area contributed by atoms with Gasteiger partial charge in [0.15, 0.2) is 6.23 Å². The molecule has 1 aliphatic heterocycles. The summed E-state index contributed by atoms with van der Waals surface area (Å²) in [5.74, 6) is 0. The van der Waals surface area contributed by atoms with Crippen molar-refractivity contribution in [1.29, 1.82) is 0 Å². The predicted molar refractivity (Wildman–Crippen MR) is 69.9 cm³/mol. The minimum Gasteiger partial charge on any atom is -0.394 e. The molecule has 0 amide bonds. The number of H-pyrrole nitrogens is 1. The van der Waals surface area contributed by atoms with Crippen molar-refractivity contribution in [1.82, 2.24) is 9.55 Å². The highest BCUT2D eigenvalue weighted by molar-refractivity contribution is 4.93. The number of hydrogen-bond acceptors (Lipinski definition) is 7. The molecule has 4 atom stereocenters. The number of ether oxygens (including phenoxy) is 3. The van der Waals surface area contributed by atoms with E-state index in [2.05, 4.69) is 4.98 Å². The number of methoxy groups -OCH3 is 1. The van der Waals surface area contributed by atoms with E-state index >= 15 is 0 Å². The number of aliphatic hydroxyl groups excluding tert-OH is 2. The highest BCUT2D eigenvalue weighted by Gasteiger charge is 2.45. The molecule has 0 bridgehead atoms. The van der Waals surface area contributed by atoms with Crippen molar-refractivity contribution in [3.8, 4) is 0 Å². The summed E-state index contributed by atoms with van der Waals surface area (Å²) in [7, 11) is 1.51. The minimum atomic E-state index is -1.10. The van der Waals surface area contributed by atoms with E-state index < -0.39 is 42.4 Å². The van der Waals surface area contributed by atoms with Crippen molar-refractivity contribution in [3.63, 3.8) is 0 Å². The lowest BCUT2D eigenvalue weighted by molar-refractivity contribution is -0.0819. The molecular formula is C12H18N2O7. The third-order valence-electron chi connectivity index (χ3n) is 3.22. The van der Waals surface area contributed by atoms with E-state index in [1.807, 2.05) is 0 Å². The number of rotatable bonds is 6. The minimum absolute atomic E-state index is 0.189. The highest BCUT2D eigenvalue weighted by Crippen LogP contribution is 2.30. The average molecular weight is 302 g/mol. The van der Waals surface area contributed by atoms with Crippen LogP contribution in [-0.2, 0) is 14.2 Å². The normalized spacial score (nSPS) is 28.9. The second-order valence-corrected chi connectivity index (χ2v) is 4.58. The van der Waals surface area contributed by atoms with E-state index in [4.69, 9.17) is 14.2 Å². The van der Waals surface area contributed by atoms with Crippen LogP contribution in [0.2, 0.25) is 0 Å². The van der Waals surface area contributed by atoms with Crippen molar-refractivity contribution in [3.05, 3.63) is 33.1 Å². The first-order valence-electron chi connectivity index (χ1n) is 6.45. The van der Waals surface area contributed by atoms with Crippen molar-refractivity contribution >= 4 is 0 Å². The molecule has 1 saturated heterocycles. The van der Waals surface area contributed by atoms with E-state index in [1.165, 1.54) is 13.3 Å². The number of aliphatic hydroxyl groups is 2. The first-order chi connectivity index (χ1) is 10.1. The maximum absolute atomic E-state index is 11.8. The molecule has 0 spiro atoms. The summed E-state index contributed by atoms with van der Waals surface area (Å²) in [5, 5.41) is 19.3. The van der Waals surface area contributed by atoms with E-state index in [0.717, 1.165) is 10.6 Å². The molecule has 0 aliphatic carbocycles. The molecule has 4 unspecified atom stereocenters. The van der Waals surface area contributed by atoms with Crippen LogP contribution >= 0.6 is 0 Å². The molecule has 2 rings (SSSR count). The van der Waals surface area contributed by atoms with Crippen molar-refractivity contribution in [2.24, 2.45) is 0 Å². The zero-order valence-electron chi connectivity index (χ0n) is 11.5. The van der Waals surface area contributed by atoms with Gasteiger partial charge in [0, 0.05) is 19.4 Å². The molecule has 9 nitrogen and oxygen atoms in total. The highest BCUT2D eigenvalue weighted by atomic mass is 16.6. The molecule has 1 fully saturated rings. The Kier molecular flexibility index (Phi) is 5.26. The van der Waals surface area contributed by atoms with Crippen LogP contribution in [0.15, 0.2) is 21.9 Å². The summed E-state index contributed by atoms with van der Waals surface area (Å²) >= 11 is 0. The van der Waals surface area contributed by atoms with Gasteiger partial charge in [-0.1, -0.05) is 0 Å². The van der Waals surface area contributed by atoms with Crippen LogP contribution in [-0.4, -0.2) is 65.0 Å². The van der Waals surface area contributed by atoms with Gasteiger partial charge in [-0.15, -0.1) is 0 Å². The lowest BCUT2D eigenvalue weighted by Crippen LogP contribution is -2.39. The van der Waals surface area contributed by atoms with E-state index in [1.54, 1.807) is 0 Å². The molecule has 1 aromatic rings. The van der Waals surface area contributed by atoms with E-state index in [0.29, 0.717) is 6.61 Å². The molecule has 118 valence electrons. The Morgan fingerprint density at radius 1 is 1.43 bits per heavy atom. The molecular weight excluding hydrogens is 284 g/mol. The summed E-state index contributed by atoms with van der Waals surface area (Å²) in [6.45, 7) is 0.0779. The van der Waals surface area contributed by atoms with Gasteiger partial charge in [-0.2, -0.15) is 0 Å². The molecule has 9 heteroatoms. The zero-order chi connectivity index (χ0) is 15.4. The van der Waals surface area contributed by atoms with Gasteiger partial charge in [0.05, 0.1) is 19.8 Å². The smallest absolute Gasteiger partial charge is 0.330 e. The van der Waals surface area contributed by atoms with Gasteiger partial charge in [-0.3, -0.25) is 14.3 Å². The summed E-state index contributed by atoms with van der Waals surface area (Å²) in [4.78, 5) is 25.0. The maximum atomic E-state index is 11.8. The van der Waals surface area contributed by atoms with E-state index in [-0.39, 0.29) is 6.61 Å². The van der Waals surface area contributed by atoms with Gasteiger partial charge in [-0.25, -0.2) is 4.79 Å². The summed E-state index contributed by atoms with van der Waals surface area (Å²) < 4.78 is 16.9. The second-order valence-electron chi connectivity index (χ2n) is 4.58. The molecule has 0 saturated carbocycles. The van der Waals surface area contributed by atoms with Gasteiger partial charge in [-0.05, 0) is 0 Å². The predicted octanol–water partition coefficient (Wildman–Crippen LogP) is -2.18. The van der Waals surface area contributed by atoms with Gasteiger partial charge in [0.2, 0.25) is 0 Å². The average Bonchev–Trinajstić information content (AvgIpc) is 2.76. The van der Waals surface area contributed by atoms with Crippen LogP contribution in [0.5, 0.6) is 0 Å². The van der Waals surface area contributed by atoms with Gasteiger partial charge < -0.3 is 24.4 Å². The topological polar surface area (TPSA) is 123 Å². The molecule has 1 aromatic heterocycles. The quantitative estimate of drug-likeness (QED) is 0.510. The van der Waals surface area contributed by atoms with Crippen molar-refractivity contribution < 1.29 is 24.4 Å². The third-order valence-corrected chi connectivity index (χ3v) is 3.22. The largest absolute Gasteiger partial charge is 0.394 e. The maximum Gasteiger partial charge on any atom is 0.330 e. The molecule has 21 heavy (non-hydrogen) atoms. The fourth-order valence-corrected chi connectivity index (χ4v) is 2.17. The van der Waals surface area contributed by atoms with Gasteiger partial charge in [0.1, 0.15) is 18.3 Å². The van der Waals surface area contributed by atoms with Crippen LogP contribution in [0, 0.1) is 0 Å². The standard InChI is InChI=1S/C12H18N2O7/c1-19-4-5-20-10-9(17)7(6-15)21-11(10)14-3-2-8(16)13-12(14)18/h2-3,7,9-11,15,17H,4-6H2,1H3,(H,13,16,18). The first-order valence-corrected chi connectivity index (χ1v) is 6.45. The van der Waals surface area contributed by atoms with E-state index in [9.17, 15) is 19.8 Å². The van der Waals surface area contributed by atoms with Crippen LogP contribution in [0.25, 0.3) is 0 Å². The monoisotopic (exact) mass is 302 g/mol. The zero-order valence-corrected chi connectivity index (χ0v) is 11.5. The summed E-state index contributed by atoms with van der Waals surface area (Å²) in [5.41, 5.74) is -1.22. The Balaban J connectivity index is 2.25. The number of hydrogen-bond donors (Lipinski definition) is 3. The second kappa shape index (κ2) is 6.96. The number of nitrogens with one attached hydrogen (secondary N) is 1. The molecule has 1 aliphatic rings. The number of aromatic amines is 1. The van der Waals surface area contributed by atoms with Gasteiger partial charge >= 0.3 is 5.69 Å². The van der Waals surface area contributed by atoms with Crippen molar-refractivity contribution in [2.45, 2.75) is 24.5 Å². The Bertz CT molecular complexity index is 569. The first kappa shape index (κ1) is 15.9. The molecule has 3 N–H and O–H groups in total. The lowest BCUT2D eigenvalue weighted by Gasteiger charge is -2.22.